The first kappa shape index (κ1) is 20.1. The van der Waals surface area contributed by atoms with Crippen LogP contribution in [-0.4, -0.2) is 77.2 Å². The fraction of sp³-hybridized carbons (Fsp3) is 0.667. The molecule has 0 spiro atoms. The van der Waals surface area contributed by atoms with Crippen molar-refractivity contribution < 1.29 is 14.7 Å². The Morgan fingerprint density at radius 2 is 1.86 bits per heavy atom. The highest BCUT2D eigenvalue weighted by Gasteiger charge is 2.35. The van der Waals surface area contributed by atoms with Gasteiger partial charge in [-0.05, 0) is 50.4 Å². The molecule has 3 aliphatic rings. The van der Waals surface area contributed by atoms with E-state index in [4.69, 9.17) is 5.11 Å². The Bertz CT molecular complexity index is 830. The van der Waals surface area contributed by atoms with Gasteiger partial charge in [0.2, 0.25) is 0 Å². The lowest BCUT2D eigenvalue weighted by Crippen LogP contribution is -2.49. The van der Waals surface area contributed by atoms with Gasteiger partial charge in [-0.2, -0.15) is 0 Å². The van der Waals surface area contributed by atoms with E-state index in [0.717, 1.165) is 31.7 Å². The number of fused-ring (bicyclic) bond motifs is 4. The Labute approximate surface area is 170 Å². The Balaban J connectivity index is 1.42. The van der Waals surface area contributed by atoms with E-state index in [0.29, 0.717) is 26.2 Å². The van der Waals surface area contributed by atoms with Crippen molar-refractivity contribution in [2.45, 2.75) is 38.1 Å². The lowest BCUT2D eigenvalue weighted by atomic mass is 9.83. The van der Waals surface area contributed by atoms with Gasteiger partial charge in [-0.3, -0.25) is 19.3 Å². The molecule has 4 heterocycles. The van der Waals surface area contributed by atoms with Crippen LogP contribution in [0.2, 0.25) is 0 Å². The molecule has 1 aromatic rings. The van der Waals surface area contributed by atoms with Crippen LogP contribution in [0.5, 0.6) is 0 Å². The molecule has 0 radical (unpaired) electrons. The summed E-state index contributed by atoms with van der Waals surface area (Å²) in [5, 5.41) is 12.0. The number of hydrogen-bond donors (Lipinski definition) is 2. The predicted molar refractivity (Wildman–Crippen MR) is 108 cm³/mol. The summed E-state index contributed by atoms with van der Waals surface area (Å²) in [6.45, 7) is 5.45. The summed E-state index contributed by atoms with van der Waals surface area (Å²) in [5.74, 6) is -0.731. The van der Waals surface area contributed by atoms with Gasteiger partial charge in [0.1, 0.15) is 5.56 Å². The molecule has 158 valence electrons. The van der Waals surface area contributed by atoms with Gasteiger partial charge in [0, 0.05) is 44.3 Å². The van der Waals surface area contributed by atoms with Crippen LogP contribution in [0.15, 0.2) is 16.9 Å². The van der Waals surface area contributed by atoms with Crippen LogP contribution in [-0.2, 0) is 11.3 Å². The molecule has 2 saturated heterocycles. The molecule has 0 saturated carbocycles. The van der Waals surface area contributed by atoms with Crippen molar-refractivity contribution >= 4 is 11.9 Å². The van der Waals surface area contributed by atoms with Crippen LogP contribution < -0.4 is 10.9 Å². The van der Waals surface area contributed by atoms with Gasteiger partial charge >= 0.3 is 5.97 Å². The number of rotatable bonds is 6. The van der Waals surface area contributed by atoms with Crippen LogP contribution in [0.4, 0.5) is 0 Å². The summed E-state index contributed by atoms with van der Waals surface area (Å²) >= 11 is 0. The fourth-order valence-corrected chi connectivity index (χ4v) is 5.14. The molecule has 29 heavy (non-hydrogen) atoms. The molecule has 2 N–H and O–H groups in total. The van der Waals surface area contributed by atoms with E-state index in [-0.39, 0.29) is 35.4 Å². The quantitative estimate of drug-likeness (QED) is 0.722. The molecular formula is C21H30N4O4. The van der Waals surface area contributed by atoms with E-state index in [9.17, 15) is 14.4 Å². The third-order valence-electron chi connectivity index (χ3n) is 6.45. The molecule has 1 aromatic heterocycles. The van der Waals surface area contributed by atoms with Crippen LogP contribution in [0.1, 0.15) is 47.7 Å². The van der Waals surface area contributed by atoms with Crippen LogP contribution in [0, 0.1) is 5.92 Å². The maximum atomic E-state index is 13.0. The Kier molecular flexibility index (Phi) is 6.01. The summed E-state index contributed by atoms with van der Waals surface area (Å²) in [6.07, 6.45) is 4.68. The number of nitrogens with one attached hydrogen (secondary N) is 1. The van der Waals surface area contributed by atoms with E-state index >= 15 is 0 Å². The van der Waals surface area contributed by atoms with Crippen molar-refractivity contribution in [2.24, 2.45) is 5.92 Å². The molecular weight excluding hydrogens is 372 g/mol. The van der Waals surface area contributed by atoms with Crippen molar-refractivity contribution in [1.29, 1.82) is 0 Å². The molecule has 0 aromatic carbocycles. The van der Waals surface area contributed by atoms with Crippen LogP contribution >= 0.6 is 0 Å². The number of carboxylic acids is 1. The summed E-state index contributed by atoms with van der Waals surface area (Å²) in [6, 6.07) is 3.52. The molecule has 3 aliphatic heterocycles. The number of aromatic nitrogens is 1. The second kappa shape index (κ2) is 8.67. The number of piperidine rings is 2. The second-order valence-electron chi connectivity index (χ2n) is 8.63. The number of amides is 1. The fourth-order valence-electron chi connectivity index (χ4n) is 5.14. The van der Waals surface area contributed by atoms with E-state index in [1.165, 1.54) is 19.3 Å². The van der Waals surface area contributed by atoms with Crippen LogP contribution in [0.25, 0.3) is 0 Å². The maximum Gasteiger partial charge on any atom is 0.317 e. The maximum absolute atomic E-state index is 13.0. The SMILES string of the molecule is O=C(O)CN1C[C@@H]2C[C@H](C1)c1ccc(C(=O)NCCN3CCCCC3)c(=O)n1C2. The zero-order valence-corrected chi connectivity index (χ0v) is 16.8. The highest BCUT2D eigenvalue weighted by atomic mass is 16.4. The monoisotopic (exact) mass is 402 g/mol. The Morgan fingerprint density at radius 3 is 2.62 bits per heavy atom. The lowest BCUT2D eigenvalue weighted by Gasteiger charge is -2.42. The highest BCUT2D eigenvalue weighted by molar-refractivity contribution is 5.93. The smallest absolute Gasteiger partial charge is 0.317 e. The van der Waals surface area contributed by atoms with Crippen LogP contribution in [0.3, 0.4) is 0 Å². The number of likely N-dealkylation sites (tertiary alicyclic amines) is 2. The average molecular weight is 402 g/mol. The zero-order chi connectivity index (χ0) is 20.4. The van der Waals surface area contributed by atoms with Gasteiger partial charge in [0.15, 0.2) is 0 Å². The largest absolute Gasteiger partial charge is 0.480 e. The summed E-state index contributed by atoms with van der Waals surface area (Å²) in [4.78, 5) is 40.9. The molecule has 2 bridgehead atoms. The van der Waals surface area contributed by atoms with Gasteiger partial charge in [0.05, 0.1) is 6.54 Å². The minimum atomic E-state index is -0.820. The Morgan fingerprint density at radius 1 is 1.07 bits per heavy atom. The third-order valence-corrected chi connectivity index (χ3v) is 6.45. The summed E-state index contributed by atoms with van der Waals surface area (Å²) in [5.41, 5.74) is 0.903. The molecule has 4 rings (SSSR count). The van der Waals surface area contributed by atoms with Gasteiger partial charge in [0.25, 0.3) is 11.5 Å². The normalized spacial score (nSPS) is 24.7. The standard InChI is InChI=1S/C21H30N4O4/c26-19(27)14-24-11-15-10-16(13-24)18-5-4-17(21(29)25(18)12-15)20(28)22-6-9-23-7-2-1-3-8-23/h4-5,15-16H,1-3,6-14H2,(H,22,28)(H,26,27)/t15-,16+/m0/s1. The molecule has 8 nitrogen and oxygen atoms in total. The second-order valence-corrected chi connectivity index (χ2v) is 8.63. The van der Waals surface area contributed by atoms with E-state index in [1.807, 2.05) is 11.0 Å². The van der Waals surface area contributed by atoms with Gasteiger partial charge in [-0.25, -0.2) is 0 Å². The number of nitrogens with zero attached hydrogens (tertiary/aromatic N) is 3. The Hall–Kier alpha value is -2.19. The number of aliphatic carboxylic acids is 1. The third kappa shape index (κ3) is 4.53. The van der Waals surface area contributed by atoms with E-state index < -0.39 is 5.97 Å². The number of hydrogen-bond acceptors (Lipinski definition) is 5. The first-order valence-corrected chi connectivity index (χ1v) is 10.7. The molecule has 8 heteroatoms. The minimum Gasteiger partial charge on any atom is -0.480 e. The molecule has 2 atom stereocenters. The van der Waals surface area contributed by atoms with Crippen molar-refractivity contribution in [3.63, 3.8) is 0 Å². The predicted octanol–water partition coefficient (Wildman–Crippen LogP) is 0.568. The van der Waals surface area contributed by atoms with Crippen molar-refractivity contribution in [2.75, 3.05) is 45.8 Å². The minimum absolute atomic E-state index is 0.0364. The first-order chi connectivity index (χ1) is 14.0. The number of carbonyl (C=O) groups is 2. The highest BCUT2D eigenvalue weighted by Crippen LogP contribution is 2.34. The number of pyridine rings is 1. The molecule has 1 amide bonds. The van der Waals surface area contributed by atoms with Gasteiger partial charge in [-0.1, -0.05) is 6.42 Å². The van der Waals surface area contributed by atoms with Gasteiger partial charge < -0.3 is 19.9 Å². The average Bonchev–Trinajstić information content (AvgIpc) is 2.69. The summed E-state index contributed by atoms with van der Waals surface area (Å²) < 4.78 is 1.75. The topological polar surface area (TPSA) is 94.9 Å². The number of carbonyl (C=O) groups excluding carboxylic acids is 1. The molecule has 0 aliphatic carbocycles. The lowest BCUT2D eigenvalue weighted by molar-refractivity contribution is -0.139. The zero-order valence-electron chi connectivity index (χ0n) is 16.8. The van der Waals surface area contributed by atoms with Gasteiger partial charge in [-0.15, -0.1) is 0 Å². The first-order valence-electron chi connectivity index (χ1n) is 10.7. The molecule has 0 unspecified atom stereocenters. The van der Waals surface area contributed by atoms with Crippen molar-refractivity contribution in [3.8, 4) is 0 Å². The van der Waals surface area contributed by atoms with E-state index in [1.54, 1.807) is 10.6 Å². The van der Waals surface area contributed by atoms with Crippen molar-refractivity contribution in [3.05, 3.63) is 33.7 Å². The van der Waals surface area contributed by atoms with Crippen molar-refractivity contribution in [1.82, 2.24) is 19.7 Å². The number of carboxylic acid groups (broad SMARTS) is 1. The molecule has 2 fully saturated rings. The summed E-state index contributed by atoms with van der Waals surface area (Å²) in [7, 11) is 0. The van der Waals surface area contributed by atoms with E-state index in [2.05, 4.69) is 10.2 Å².